The van der Waals surface area contributed by atoms with Crippen molar-refractivity contribution in [2.75, 3.05) is 0 Å². The van der Waals surface area contributed by atoms with E-state index in [1.54, 1.807) is 0 Å². The Bertz CT molecular complexity index is 1050. The molecule has 0 aliphatic heterocycles. The van der Waals surface area contributed by atoms with E-state index >= 15 is 0 Å². The lowest BCUT2D eigenvalue weighted by Gasteiger charge is -2.25. The Morgan fingerprint density at radius 2 is 0.750 bits per heavy atom. The number of carboxylic acid groups (broad SMARTS) is 1. The van der Waals surface area contributed by atoms with Gasteiger partial charge in [-0.1, -0.05) is 85.5 Å². The molecule has 0 aromatic rings. The van der Waals surface area contributed by atoms with Gasteiger partial charge in [0.05, 0.1) is 50.1 Å². The van der Waals surface area contributed by atoms with Gasteiger partial charge in [-0.3, -0.25) is 24.0 Å². The van der Waals surface area contributed by atoms with Crippen molar-refractivity contribution in [2.45, 2.75) is 238 Å². The van der Waals surface area contributed by atoms with E-state index in [4.69, 9.17) is 18.9 Å². The standard InChI is InChI=1S/C42H76O14/c1-6-10-14-18-31(44)22-32(45)25-40(50)54-35(19-15-11-7-2)23-33(46)26-41(51)55-36(20-16-12-8-3)24-34(47)27-42(52)56-37(21-17-13-9-4)28-38(29-39(48)49)53-30(5)43/h31-38,44-47H,6-29H2,1-5H3,(H,48,49)/t31-,32-,33-,34-,35-,36-,37-,38-/m1/s1. The monoisotopic (exact) mass is 805 g/mol. The Morgan fingerprint density at radius 3 is 1.09 bits per heavy atom. The molecule has 0 fully saturated rings. The fourth-order valence-corrected chi connectivity index (χ4v) is 6.63. The summed E-state index contributed by atoms with van der Waals surface area (Å²) in [5, 5.41) is 51.6. The Labute approximate surface area is 335 Å². The molecule has 14 nitrogen and oxygen atoms in total. The van der Waals surface area contributed by atoms with E-state index in [0.29, 0.717) is 38.5 Å². The summed E-state index contributed by atoms with van der Waals surface area (Å²) in [6.45, 7) is 9.29. The summed E-state index contributed by atoms with van der Waals surface area (Å²) >= 11 is 0. The summed E-state index contributed by atoms with van der Waals surface area (Å²) in [5.41, 5.74) is 0. The van der Waals surface area contributed by atoms with Gasteiger partial charge in [-0.15, -0.1) is 0 Å². The van der Waals surface area contributed by atoms with Crippen molar-refractivity contribution in [3.63, 3.8) is 0 Å². The molecule has 0 amide bonds. The third-order valence-electron chi connectivity index (χ3n) is 9.51. The lowest BCUT2D eigenvalue weighted by molar-refractivity contribution is -0.158. The van der Waals surface area contributed by atoms with E-state index in [9.17, 15) is 49.5 Å². The first-order valence-corrected chi connectivity index (χ1v) is 21.3. The van der Waals surface area contributed by atoms with Crippen LogP contribution in [0.4, 0.5) is 0 Å². The maximum absolute atomic E-state index is 13.0. The zero-order chi connectivity index (χ0) is 42.3. The molecule has 0 aliphatic rings. The van der Waals surface area contributed by atoms with E-state index in [1.807, 2.05) is 20.8 Å². The highest BCUT2D eigenvalue weighted by molar-refractivity contribution is 5.72. The zero-order valence-electron chi connectivity index (χ0n) is 35.0. The Balaban J connectivity index is 5.38. The molecule has 8 atom stereocenters. The van der Waals surface area contributed by atoms with Crippen LogP contribution < -0.4 is 0 Å². The van der Waals surface area contributed by atoms with Crippen LogP contribution in [-0.4, -0.2) is 104 Å². The van der Waals surface area contributed by atoms with Crippen LogP contribution in [-0.2, 0) is 42.9 Å². The van der Waals surface area contributed by atoms with Gasteiger partial charge in [-0.2, -0.15) is 0 Å². The van der Waals surface area contributed by atoms with Gasteiger partial charge in [0.25, 0.3) is 0 Å². The molecule has 0 bridgehead atoms. The van der Waals surface area contributed by atoms with Crippen LogP contribution in [0, 0.1) is 0 Å². The molecule has 0 radical (unpaired) electrons. The van der Waals surface area contributed by atoms with E-state index in [1.165, 1.54) is 6.92 Å². The summed E-state index contributed by atoms with van der Waals surface area (Å²) in [7, 11) is 0. The lowest BCUT2D eigenvalue weighted by Crippen LogP contribution is -2.31. The molecule has 0 aromatic carbocycles. The quantitative estimate of drug-likeness (QED) is 0.0255. The molecule has 14 heteroatoms. The molecule has 0 saturated heterocycles. The number of carbonyl (C=O) groups excluding carboxylic acids is 4. The Kier molecular flexibility index (Phi) is 31.5. The van der Waals surface area contributed by atoms with Crippen molar-refractivity contribution in [3.8, 4) is 0 Å². The average Bonchev–Trinajstić information content (AvgIpc) is 3.07. The first-order chi connectivity index (χ1) is 26.6. The molecule has 56 heavy (non-hydrogen) atoms. The number of esters is 4. The van der Waals surface area contributed by atoms with E-state index in [2.05, 4.69) is 6.92 Å². The second-order valence-corrected chi connectivity index (χ2v) is 15.3. The number of aliphatic hydroxyl groups excluding tert-OH is 4. The number of aliphatic hydroxyl groups is 4. The van der Waals surface area contributed by atoms with Gasteiger partial charge in [0.15, 0.2) is 0 Å². The second kappa shape index (κ2) is 33.2. The Morgan fingerprint density at radius 1 is 0.411 bits per heavy atom. The minimum Gasteiger partial charge on any atom is -0.481 e. The van der Waals surface area contributed by atoms with Crippen LogP contribution in [0.5, 0.6) is 0 Å². The van der Waals surface area contributed by atoms with Crippen molar-refractivity contribution >= 4 is 29.8 Å². The van der Waals surface area contributed by atoms with Gasteiger partial charge < -0.3 is 44.5 Å². The first kappa shape index (κ1) is 53.2. The van der Waals surface area contributed by atoms with Crippen LogP contribution in [0.25, 0.3) is 0 Å². The van der Waals surface area contributed by atoms with Crippen LogP contribution >= 0.6 is 0 Å². The van der Waals surface area contributed by atoms with Gasteiger partial charge in [-0.25, -0.2) is 0 Å². The van der Waals surface area contributed by atoms with E-state index in [-0.39, 0.29) is 38.5 Å². The molecule has 5 N–H and O–H groups in total. The maximum atomic E-state index is 13.0. The first-order valence-electron chi connectivity index (χ1n) is 21.3. The van der Waals surface area contributed by atoms with Gasteiger partial charge in [0, 0.05) is 26.2 Å². The minimum atomic E-state index is -1.22. The van der Waals surface area contributed by atoms with E-state index in [0.717, 1.165) is 64.2 Å². The number of hydrogen-bond acceptors (Lipinski definition) is 13. The highest BCUT2D eigenvalue weighted by Gasteiger charge is 2.28. The number of rotatable bonds is 36. The van der Waals surface area contributed by atoms with Gasteiger partial charge in [0.1, 0.15) is 24.4 Å². The molecular formula is C42H76O14. The predicted octanol–water partition coefficient (Wildman–Crippen LogP) is 6.62. The fourth-order valence-electron chi connectivity index (χ4n) is 6.63. The van der Waals surface area contributed by atoms with E-state index < -0.39 is 91.5 Å². The average molecular weight is 805 g/mol. The smallest absolute Gasteiger partial charge is 0.308 e. The summed E-state index contributed by atoms with van der Waals surface area (Å²) in [6.07, 6.45) is 3.30. The third kappa shape index (κ3) is 30.3. The highest BCUT2D eigenvalue weighted by atomic mass is 16.6. The van der Waals surface area contributed by atoms with Crippen LogP contribution in [0.3, 0.4) is 0 Å². The Hall–Kier alpha value is -2.81. The number of hydrogen-bond donors (Lipinski definition) is 5. The molecule has 0 unspecified atom stereocenters. The molecular weight excluding hydrogens is 728 g/mol. The molecule has 0 saturated carbocycles. The largest absolute Gasteiger partial charge is 0.481 e. The number of aliphatic carboxylic acids is 1. The van der Waals surface area contributed by atoms with Crippen molar-refractivity contribution in [3.05, 3.63) is 0 Å². The van der Waals surface area contributed by atoms with Crippen molar-refractivity contribution in [1.29, 1.82) is 0 Å². The minimum absolute atomic E-state index is 0.000947. The summed E-state index contributed by atoms with van der Waals surface area (Å²) in [5.74, 6) is -3.87. The summed E-state index contributed by atoms with van der Waals surface area (Å²) in [4.78, 5) is 61.6. The van der Waals surface area contributed by atoms with Gasteiger partial charge >= 0.3 is 29.8 Å². The van der Waals surface area contributed by atoms with Gasteiger partial charge in [-0.05, 0) is 51.4 Å². The van der Waals surface area contributed by atoms with Crippen molar-refractivity contribution in [2.24, 2.45) is 0 Å². The number of ether oxygens (including phenoxy) is 4. The number of carboxylic acids is 1. The molecule has 0 rings (SSSR count). The SMILES string of the molecule is CCCCC[C@@H](O)C[C@@H](O)CC(=O)O[C@H](CCCCC)C[C@@H](O)CC(=O)O[C@H](CCCCC)C[C@@H](O)CC(=O)O[C@H](CCCCC)C[C@H](CC(=O)O)OC(C)=O. The molecule has 0 aromatic heterocycles. The van der Waals surface area contributed by atoms with Crippen LogP contribution in [0.15, 0.2) is 0 Å². The topological polar surface area (TPSA) is 223 Å². The summed E-state index contributed by atoms with van der Waals surface area (Å²) < 4.78 is 22.1. The van der Waals surface area contributed by atoms with Crippen molar-refractivity contribution < 1.29 is 68.5 Å². The number of unbranched alkanes of at least 4 members (excludes halogenated alkanes) is 8. The normalized spacial score (nSPS) is 15.7. The number of carbonyl (C=O) groups is 5. The van der Waals surface area contributed by atoms with Gasteiger partial charge in [0.2, 0.25) is 0 Å². The highest BCUT2D eigenvalue weighted by Crippen LogP contribution is 2.22. The molecule has 328 valence electrons. The predicted molar refractivity (Wildman–Crippen MR) is 210 cm³/mol. The zero-order valence-corrected chi connectivity index (χ0v) is 35.0. The summed E-state index contributed by atoms with van der Waals surface area (Å²) in [6, 6.07) is 0. The van der Waals surface area contributed by atoms with Crippen LogP contribution in [0.1, 0.15) is 189 Å². The van der Waals surface area contributed by atoms with Crippen LogP contribution in [0.2, 0.25) is 0 Å². The van der Waals surface area contributed by atoms with Crippen molar-refractivity contribution in [1.82, 2.24) is 0 Å². The maximum Gasteiger partial charge on any atom is 0.308 e. The second-order valence-electron chi connectivity index (χ2n) is 15.3. The molecule has 0 aliphatic carbocycles. The fraction of sp³-hybridized carbons (Fsp3) is 0.881. The lowest BCUT2D eigenvalue weighted by atomic mass is 10.0. The third-order valence-corrected chi connectivity index (χ3v) is 9.51. The molecule has 0 spiro atoms. The molecule has 0 heterocycles.